The van der Waals surface area contributed by atoms with E-state index in [4.69, 9.17) is 16.6 Å². The van der Waals surface area contributed by atoms with Crippen molar-refractivity contribution in [3.05, 3.63) is 99.3 Å². The summed E-state index contributed by atoms with van der Waals surface area (Å²) in [6.07, 6.45) is 1.05. The lowest BCUT2D eigenvalue weighted by molar-refractivity contribution is 0.102. The Balaban J connectivity index is 1.73. The number of ketones is 1. The highest BCUT2D eigenvalue weighted by molar-refractivity contribution is 7.99. The second-order valence-corrected chi connectivity index (χ2v) is 9.05. The van der Waals surface area contributed by atoms with Gasteiger partial charge in [0.1, 0.15) is 0 Å². The van der Waals surface area contributed by atoms with Gasteiger partial charge >= 0.3 is 0 Å². The van der Waals surface area contributed by atoms with Crippen LogP contribution in [0.2, 0.25) is 5.02 Å². The Morgan fingerprint density at radius 1 is 1.03 bits per heavy atom. The van der Waals surface area contributed by atoms with Crippen molar-refractivity contribution in [2.24, 2.45) is 0 Å². The molecule has 0 radical (unpaired) electrons. The second kappa shape index (κ2) is 9.72. The molecule has 0 amide bonds. The number of carbonyl (C=O) groups is 1. The summed E-state index contributed by atoms with van der Waals surface area (Å²) in [6.45, 7) is 4.34. The maximum atomic E-state index is 13.4. The van der Waals surface area contributed by atoms with E-state index >= 15 is 0 Å². The Labute approximate surface area is 196 Å². The fraction of sp³-hybridized carbons (Fsp3) is 0.192. The van der Waals surface area contributed by atoms with Crippen LogP contribution in [-0.2, 0) is 0 Å². The van der Waals surface area contributed by atoms with Crippen molar-refractivity contribution in [3.63, 3.8) is 0 Å². The molecule has 162 valence electrons. The van der Waals surface area contributed by atoms with E-state index in [1.165, 1.54) is 17.3 Å². The Hall–Kier alpha value is -2.89. The SMILES string of the molecule is CCC(C)c1ccc(-n2c(SCC(=O)c3ccc(Cl)cc3)nc3ccccc3c2=O)cc1. The quantitative estimate of drug-likeness (QED) is 0.178. The van der Waals surface area contributed by atoms with Gasteiger partial charge in [-0.1, -0.05) is 61.5 Å². The van der Waals surface area contributed by atoms with Crippen molar-refractivity contribution in [2.75, 3.05) is 5.75 Å². The third kappa shape index (κ3) is 4.64. The van der Waals surface area contributed by atoms with Crippen LogP contribution in [0.1, 0.15) is 42.1 Å². The van der Waals surface area contributed by atoms with Crippen LogP contribution < -0.4 is 5.56 Å². The molecule has 1 unspecified atom stereocenters. The molecule has 32 heavy (non-hydrogen) atoms. The minimum absolute atomic E-state index is 0.0484. The zero-order chi connectivity index (χ0) is 22.7. The predicted octanol–water partition coefficient (Wildman–Crippen LogP) is 6.53. The number of aromatic nitrogens is 2. The van der Waals surface area contributed by atoms with Gasteiger partial charge in [-0.3, -0.25) is 14.2 Å². The molecule has 4 rings (SSSR count). The van der Waals surface area contributed by atoms with E-state index < -0.39 is 0 Å². The Morgan fingerprint density at radius 3 is 2.41 bits per heavy atom. The van der Waals surface area contributed by atoms with Gasteiger partial charge in [0.05, 0.1) is 22.3 Å². The van der Waals surface area contributed by atoms with Crippen molar-refractivity contribution in [2.45, 2.75) is 31.3 Å². The number of halogens is 1. The summed E-state index contributed by atoms with van der Waals surface area (Å²) in [4.78, 5) is 30.8. The molecule has 1 atom stereocenters. The van der Waals surface area contributed by atoms with E-state index in [0.717, 1.165) is 12.1 Å². The molecule has 0 aliphatic rings. The van der Waals surface area contributed by atoms with E-state index in [9.17, 15) is 9.59 Å². The van der Waals surface area contributed by atoms with Gasteiger partial charge in [0.2, 0.25) is 0 Å². The first-order chi connectivity index (χ1) is 15.5. The van der Waals surface area contributed by atoms with Crippen molar-refractivity contribution < 1.29 is 4.79 Å². The Bertz CT molecular complexity index is 1310. The number of hydrogen-bond acceptors (Lipinski definition) is 4. The van der Waals surface area contributed by atoms with E-state index in [0.29, 0.717) is 32.6 Å². The number of fused-ring (bicyclic) bond motifs is 1. The minimum atomic E-state index is -0.145. The summed E-state index contributed by atoms with van der Waals surface area (Å²) < 4.78 is 1.60. The average Bonchev–Trinajstić information content (AvgIpc) is 2.83. The van der Waals surface area contributed by atoms with Gasteiger partial charge in [-0.2, -0.15) is 0 Å². The number of rotatable bonds is 7. The first-order valence-electron chi connectivity index (χ1n) is 10.5. The fourth-order valence-corrected chi connectivity index (χ4v) is 4.51. The molecule has 0 aliphatic heterocycles. The molecule has 0 fully saturated rings. The molecule has 3 aromatic carbocycles. The van der Waals surface area contributed by atoms with E-state index in [2.05, 4.69) is 26.0 Å². The first-order valence-corrected chi connectivity index (χ1v) is 11.9. The molecule has 4 nitrogen and oxygen atoms in total. The Morgan fingerprint density at radius 2 is 1.72 bits per heavy atom. The number of carbonyl (C=O) groups excluding carboxylic acids is 1. The maximum Gasteiger partial charge on any atom is 0.266 e. The topological polar surface area (TPSA) is 52.0 Å². The zero-order valence-corrected chi connectivity index (χ0v) is 19.5. The summed E-state index contributed by atoms with van der Waals surface area (Å²) in [5.41, 5.74) is 3.01. The summed E-state index contributed by atoms with van der Waals surface area (Å²) in [5.74, 6) is 0.561. The number of hydrogen-bond donors (Lipinski definition) is 0. The smallest absolute Gasteiger partial charge is 0.266 e. The highest BCUT2D eigenvalue weighted by Crippen LogP contribution is 2.25. The van der Waals surface area contributed by atoms with Crippen LogP contribution in [0.15, 0.2) is 82.7 Å². The van der Waals surface area contributed by atoms with Crippen LogP contribution in [0, 0.1) is 0 Å². The number of thioether (sulfide) groups is 1. The molecule has 0 aliphatic carbocycles. The zero-order valence-electron chi connectivity index (χ0n) is 17.9. The van der Waals surface area contributed by atoms with Gasteiger partial charge in [0, 0.05) is 10.6 Å². The van der Waals surface area contributed by atoms with E-state index in [1.54, 1.807) is 34.9 Å². The third-order valence-corrected chi connectivity index (χ3v) is 6.77. The van der Waals surface area contributed by atoms with E-state index in [-0.39, 0.29) is 17.1 Å². The largest absolute Gasteiger partial charge is 0.293 e. The Kier molecular flexibility index (Phi) is 6.77. The molecule has 4 aromatic rings. The van der Waals surface area contributed by atoms with Crippen LogP contribution in [0.5, 0.6) is 0 Å². The molecular formula is C26H23ClN2O2S. The number of para-hydroxylation sites is 1. The van der Waals surface area contributed by atoms with Gasteiger partial charge < -0.3 is 0 Å². The number of Topliss-reactive ketones (excluding diaryl/α,β-unsaturated/α-hetero) is 1. The van der Waals surface area contributed by atoms with Crippen LogP contribution in [0.4, 0.5) is 0 Å². The van der Waals surface area contributed by atoms with Crippen LogP contribution in [0.3, 0.4) is 0 Å². The summed E-state index contributed by atoms with van der Waals surface area (Å²) >= 11 is 7.19. The molecular weight excluding hydrogens is 440 g/mol. The highest BCUT2D eigenvalue weighted by atomic mass is 35.5. The van der Waals surface area contributed by atoms with E-state index in [1.807, 2.05) is 30.3 Å². The lowest BCUT2D eigenvalue weighted by Gasteiger charge is -2.15. The lowest BCUT2D eigenvalue weighted by atomic mass is 9.98. The fourth-order valence-electron chi connectivity index (χ4n) is 3.47. The molecule has 0 spiro atoms. The number of benzene rings is 3. The first kappa shape index (κ1) is 22.3. The average molecular weight is 463 g/mol. The summed E-state index contributed by atoms with van der Waals surface area (Å²) in [5, 5.41) is 1.62. The second-order valence-electron chi connectivity index (χ2n) is 7.67. The monoisotopic (exact) mass is 462 g/mol. The van der Waals surface area contributed by atoms with Crippen molar-refractivity contribution in [1.82, 2.24) is 9.55 Å². The van der Waals surface area contributed by atoms with Gasteiger partial charge in [-0.25, -0.2) is 4.98 Å². The van der Waals surface area contributed by atoms with Crippen LogP contribution in [0.25, 0.3) is 16.6 Å². The molecule has 0 saturated carbocycles. The van der Waals surface area contributed by atoms with Gasteiger partial charge in [-0.15, -0.1) is 0 Å². The van der Waals surface area contributed by atoms with Gasteiger partial charge in [0.15, 0.2) is 10.9 Å². The van der Waals surface area contributed by atoms with Gasteiger partial charge in [0.25, 0.3) is 5.56 Å². The maximum absolute atomic E-state index is 13.4. The molecule has 0 bridgehead atoms. The summed E-state index contributed by atoms with van der Waals surface area (Å²) in [7, 11) is 0. The summed E-state index contributed by atoms with van der Waals surface area (Å²) in [6, 6.07) is 22.1. The highest BCUT2D eigenvalue weighted by Gasteiger charge is 2.16. The normalized spacial score (nSPS) is 12.1. The number of nitrogens with zero attached hydrogens (tertiary/aromatic N) is 2. The van der Waals surface area contributed by atoms with Crippen molar-refractivity contribution >= 4 is 40.0 Å². The molecule has 6 heteroatoms. The van der Waals surface area contributed by atoms with Crippen LogP contribution >= 0.6 is 23.4 Å². The van der Waals surface area contributed by atoms with Crippen molar-refractivity contribution in [3.8, 4) is 5.69 Å². The van der Waals surface area contributed by atoms with Crippen LogP contribution in [-0.4, -0.2) is 21.1 Å². The van der Waals surface area contributed by atoms with Gasteiger partial charge in [-0.05, 0) is 66.4 Å². The third-order valence-electron chi connectivity index (χ3n) is 5.58. The standard InChI is InChI=1S/C26H23ClN2O2S/c1-3-17(2)18-10-14-21(15-11-18)29-25(31)22-6-4-5-7-23(22)28-26(29)32-16-24(30)19-8-12-20(27)13-9-19/h4-15,17H,3,16H2,1-2H3. The molecule has 0 saturated heterocycles. The van der Waals surface area contributed by atoms with Crippen molar-refractivity contribution in [1.29, 1.82) is 0 Å². The predicted molar refractivity (Wildman–Crippen MR) is 133 cm³/mol. The minimum Gasteiger partial charge on any atom is -0.293 e. The lowest BCUT2D eigenvalue weighted by Crippen LogP contribution is -2.22. The molecule has 1 aromatic heterocycles. The molecule has 1 heterocycles. The molecule has 0 N–H and O–H groups in total.